The number of aromatic amines is 1. The molecule has 1 aromatic heterocycles. The average molecular weight is 271 g/mol. The van der Waals surface area contributed by atoms with Crippen LogP contribution in [-0.2, 0) is 20.8 Å². The molecule has 104 valence electrons. The first-order valence-corrected chi connectivity index (χ1v) is 5.31. The minimum atomic E-state index is -1.47. The molecule has 19 heavy (non-hydrogen) atoms. The zero-order valence-electron chi connectivity index (χ0n) is 9.74. The minimum Gasteiger partial charge on any atom is -0.481 e. The molecule has 0 aliphatic carbocycles. The molecule has 1 heterocycles. The zero-order chi connectivity index (χ0) is 14.4. The highest BCUT2D eigenvalue weighted by molar-refractivity contribution is 5.82. The highest BCUT2D eigenvalue weighted by atomic mass is 16.4. The second kappa shape index (κ2) is 6.50. The van der Waals surface area contributed by atoms with Crippen molar-refractivity contribution >= 4 is 17.9 Å². The number of carbonyl (C=O) groups is 3. The number of nitrogens with one attached hydrogen (secondary N) is 2. The number of H-pyrrole nitrogens is 1. The van der Waals surface area contributed by atoms with Crippen molar-refractivity contribution < 1.29 is 29.7 Å². The molecule has 0 aliphatic rings. The second-order valence-electron chi connectivity index (χ2n) is 3.83. The number of hydrogen-bond acceptors (Lipinski definition) is 5. The maximum Gasteiger partial charge on any atom is 0.321 e. The van der Waals surface area contributed by atoms with E-state index in [4.69, 9.17) is 15.3 Å². The van der Waals surface area contributed by atoms with Crippen molar-refractivity contribution in [2.45, 2.75) is 24.9 Å². The lowest BCUT2D eigenvalue weighted by Crippen LogP contribution is -2.49. The lowest BCUT2D eigenvalue weighted by molar-refractivity contribution is -0.147. The van der Waals surface area contributed by atoms with Crippen molar-refractivity contribution in [2.75, 3.05) is 0 Å². The normalized spacial score (nSPS) is 13.7. The molecule has 0 saturated heterocycles. The number of rotatable bonds is 8. The van der Waals surface area contributed by atoms with Crippen molar-refractivity contribution in [3.05, 3.63) is 18.2 Å². The van der Waals surface area contributed by atoms with Crippen molar-refractivity contribution in [1.29, 1.82) is 0 Å². The number of imidazole rings is 1. The Morgan fingerprint density at radius 1 is 1.21 bits per heavy atom. The van der Waals surface area contributed by atoms with E-state index in [2.05, 4.69) is 15.3 Å². The van der Waals surface area contributed by atoms with Crippen LogP contribution in [0.15, 0.2) is 12.5 Å². The third-order valence-electron chi connectivity index (χ3n) is 2.36. The minimum absolute atomic E-state index is 0.0290. The van der Waals surface area contributed by atoms with Crippen molar-refractivity contribution in [3.8, 4) is 0 Å². The Balaban J connectivity index is 2.73. The number of nitrogens with zero attached hydrogens (tertiary/aromatic N) is 1. The van der Waals surface area contributed by atoms with Gasteiger partial charge < -0.3 is 20.3 Å². The van der Waals surface area contributed by atoms with E-state index in [-0.39, 0.29) is 6.42 Å². The van der Waals surface area contributed by atoms with Gasteiger partial charge in [-0.2, -0.15) is 0 Å². The Hall–Kier alpha value is -2.42. The van der Waals surface area contributed by atoms with E-state index in [1.54, 1.807) is 0 Å². The molecule has 1 aromatic rings. The van der Waals surface area contributed by atoms with E-state index in [1.165, 1.54) is 12.5 Å². The van der Waals surface area contributed by atoms with Crippen LogP contribution in [0.5, 0.6) is 0 Å². The highest BCUT2D eigenvalue weighted by Crippen LogP contribution is 2.02. The van der Waals surface area contributed by atoms with Gasteiger partial charge in [0.1, 0.15) is 12.1 Å². The summed E-state index contributed by atoms with van der Waals surface area (Å²) in [5, 5.41) is 28.7. The predicted octanol–water partition coefficient (Wildman–Crippen LogP) is -1.08. The Labute approximate surface area is 107 Å². The lowest BCUT2D eigenvalue weighted by atomic mass is 10.1. The summed E-state index contributed by atoms with van der Waals surface area (Å²) >= 11 is 0. The van der Waals surface area contributed by atoms with Crippen molar-refractivity contribution in [1.82, 2.24) is 15.3 Å². The molecule has 0 radical (unpaired) electrons. The van der Waals surface area contributed by atoms with E-state index >= 15 is 0 Å². The number of aliphatic carboxylic acids is 3. The topological polar surface area (TPSA) is 153 Å². The van der Waals surface area contributed by atoms with Gasteiger partial charge in [0.05, 0.1) is 12.7 Å². The van der Waals surface area contributed by atoms with E-state index in [0.717, 1.165) is 0 Å². The van der Waals surface area contributed by atoms with Crippen molar-refractivity contribution in [2.24, 2.45) is 0 Å². The van der Waals surface area contributed by atoms with E-state index in [1.807, 2.05) is 0 Å². The van der Waals surface area contributed by atoms with Crippen LogP contribution in [0, 0.1) is 0 Å². The van der Waals surface area contributed by atoms with Gasteiger partial charge in [-0.15, -0.1) is 0 Å². The monoisotopic (exact) mass is 271 g/mol. The van der Waals surface area contributed by atoms with Crippen LogP contribution in [0.3, 0.4) is 0 Å². The van der Waals surface area contributed by atoms with Gasteiger partial charge in [0.25, 0.3) is 0 Å². The van der Waals surface area contributed by atoms with Crippen LogP contribution in [0.2, 0.25) is 0 Å². The summed E-state index contributed by atoms with van der Waals surface area (Å²) in [6.45, 7) is 0. The lowest BCUT2D eigenvalue weighted by Gasteiger charge is -2.18. The molecular formula is C10H13N3O6. The number of carboxylic acid groups (broad SMARTS) is 3. The summed E-state index contributed by atoms with van der Waals surface area (Å²) in [7, 11) is 0. The first kappa shape index (κ1) is 14.6. The van der Waals surface area contributed by atoms with Crippen LogP contribution in [-0.4, -0.2) is 55.3 Å². The van der Waals surface area contributed by atoms with Crippen LogP contribution in [0.4, 0.5) is 0 Å². The third kappa shape index (κ3) is 4.76. The standard InChI is InChI=1S/C10H13N3O6/c14-8(15)2-7(10(18)19)13-6(9(16)17)1-5-3-11-4-12-5/h3-4,6-7,13H,1-2H2,(H,11,12)(H,14,15)(H,16,17)(H,18,19)/t6?,7-/m0/s1. The van der Waals surface area contributed by atoms with Crippen LogP contribution < -0.4 is 5.32 Å². The van der Waals surface area contributed by atoms with Crippen LogP contribution in [0.1, 0.15) is 12.1 Å². The molecule has 5 N–H and O–H groups in total. The molecule has 0 bridgehead atoms. The molecule has 0 saturated carbocycles. The molecular weight excluding hydrogens is 258 g/mol. The fourth-order valence-corrected chi connectivity index (χ4v) is 1.47. The van der Waals surface area contributed by atoms with Gasteiger partial charge in [-0.1, -0.05) is 0 Å². The third-order valence-corrected chi connectivity index (χ3v) is 2.36. The molecule has 1 rings (SSSR count). The van der Waals surface area contributed by atoms with Gasteiger partial charge in [-0.05, 0) is 0 Å². The van der Waals surface area contributed by atoms with Gasteiger partial charge in [0.2, 0.25) is 0 Å². The summed E-state index contributed by atoms with van der Waals surface area (Å²) < 4.78 is 0. The maximum atomic E-state index is 11.0. The summed E-state index contributed by atoms with van der Waals surface area (Å²) in [5.41, 5.74) is 0.499. The Morgan fingerprint density at radius 3 is 2.26 bits per heavy atom. The largest absolute Gasteiger partial charge is 0.481 e. The van der Waals surface area contributed by atoms with Gasteiger partial charge in [-0.3, -0.25) is 19.7 Å². The molecule has 0 aliphatic heterocycles. The fraction of sp³-hybridized carbons (Fsp3) is 0.400. The quantitative estimate of drug-likeness (QED) is 0.400. The Bertz CT molecular complexity index is 458. The first-order chi connectivity index (χ1) is 8.90. The molecule has 0 aromatic carbocycles. The summed E-state index contributed by atoms with van der Waals surface area (Å²) in [5.74, 6) is -4.02. The van der Waals surface area contributed by atoms with Gasteiger partial charge in [-0.25, -0.2) is 4.98 Å². The fourth-order valence-electron chi connectivity index (χ4n) is 1.47. The van der Waals surface area contributed by atoms with Gasteiger partial charge in [0.15, 0.2) is 0 Å². The molecule has 9 heteroatoms. The molecule has 0 fully saturated rings. The predicted molar refractivity (Wildman–Crippen MR) is 60.5 cm³/mol. The first-order valence-electron chi connectivity index (χ1n) is 5.31. The SMILES string of the molecule is O=C(O)C[C@H](NC(Cc1cnc[nH]1)C(=O)O)C(=O)O. The van der Waals surface area contributed by atoms with E-state index in [0.29, 0.717) is 5.69 Å². The smallest absolute Gasteiger partial charge is 0.321 e. The summed E-state index contributed by atoms with van der Waals surface area (Å²) in [4.78, 5) is 38.8. The number of carboxylic acids is 3. The second-order valence-corrected chi connectivity index (χ2v) is 3.83. The van der Waals surface area contributed by atoms with E-state index in [9.17, 15) is 14.4 Å². The number of hydrogen-bond donors (Lipinski definition) is 5. The highest BCUT2D eigenvalue weighted by Gasteiger charge is 2.28. The van der Waals surface area contributed by atoms with Gasteiger partial charge >= 0.3 is 17.9 Å². The van der Waals surface area contributed by atoms with E-state index < -0.39 is 36.4 Å². The van der Waals surface area contributed by atoms with Crippen molar-refractivity contribution in [3.63, 3.8) is 0 Å². The Morgan fingerprint density at radius 2 is 1.84 bits per heavy atom. The summed E-state index contributed by atoms with van der Waals surface area (Å²) in [6.07, 6.45) is 2.03. The average Bonchev–Trinajstić information content (AvgIpc) is 2.78. The Kier molecular flexibility index (Phi) is 5.01. The van der Waals surface area contributed by atoms with Crippen LogP contribution in [0.25, 0.3) is 0 Å². The zero-order valence-corrected chi connectivity index (χ0v) is 9.74. The molecule has 2 atom stereocenters. The maximum absolute atomic E-state index is 11.0. The molecule has 0 spiro atoms. The molecule has 1 unspecified atom stereocenters. The van der Waals surface area contributed by atoms with Gasteiger partial charge in [0, 0.05) is 18.3 Å². The summed E-state index contributed by atoms with van der Waals surface area (Å²) in [6, 6.07) is -2.69. The molecule has 0 amide bonds. The number of aromatic nitrogens is 2. The molecule has 9 nitrogen and oxygen atoms in total. The van der Waals surface area contributed by atoms with Crippen LogP contribution >= 0.6 is 0 Å².